The minimum absolute atomic E-state index is 0.346. The third kappa shape index (κ3) is 3.00. The molecule has 0 aliphatic carbocycles. The first-order valence-corrected chi connectivity index (χ1v) is 6.70. The summed E-state index contributed by atoms with van der Waals surface area (Å²) in [5.41, 5.74) is 6.28. The summed E-state index contributed by atoms with van der Waals surface area (Å²) in [6, 6.07) is 5.44. The number of rotatable bonds is 4. The van der Waals surface area contributed by atoms with Gasteiger partial charge in [-0.25, -0.2) is 9.78 Å². The average Bonchev–Trinajstić information content (AvgIpc) is 2.81. The van der Waals surface area contributed by atoms with Crippen LogP contribution in [0.3, 0.4) is 0 Å². The lowest BCUT2D eigenvalue weighted by Gasteiger charge is -2.08. The first-order valence-electron chi connectivity index (χ1n) is 5.88. The van der Waals surface area contributed by atoms with Gasteiger partial charge in [-0.15, -0.1) is 11.3 Å². The Morgan fingerprint density at radius 2 is 2.15 bits per heavy atom. The fourth-order valence-corrected chi connectivity index (χ4v) is 2.38. The van der Waals surface area contributed by atoms with Crippen LogP contribution < -0.4 is 5.73 Å². The molecule has 2 N–H and O–H groups in total. The number of nitrogens with two attached hydrogens (primary N) is 1. The van der Waals surface area contributed by atoms with Gasteiger partial charge >= 0.3 is 5.97 Å². The third-order valence-corrected chi connectivity index (χ3v) is 3.71. The van der Waals surface area contributed by atoms with E-state index in [0.717, 1.165) is 0 Å². The van der Waals surface area contributed by atoms with E-state index in [2.05, 4.69) is 9.97 Å². The summed E-state index contributed by atoms with van der Waals surface area (Å²) >= 11 is 1.17. The van der Waals surface area contributed by atoms with Crippen LogP contribution in [0.25, 0.3) is 10.7 Å². The van der Waals surface area contributed by atoms with Gasteiger partial charge < -0.3 is 10.5 Å². The van der Waals surface area contributed by atoms with E-state index < -0.39 is 18.0 Å². The minimum atomic E-state index is -0.970. The molecule has 6 nitrogen and oxygen atoms in total. The summed E-state index contributed by atoms with van der Waals surface area (Å²) in [5.74, 6) is -1.29. The smallest absolute Gasteiger partial charge is 0.351 e. The number of carbonyl (C=O) groups is 2. The van der Waals surface area contributed by atoms with Gasteiger partial charge in [0.15, 0.2) is 6.10 Å². The molecule has 2 heterocycles. The summed E-state index contributed by atoms with van der Waals surface area (Å²) in [6.07, 6.45) is 0.682. The number of hydrogen-bond acceptors (Lipinski definition) is 6. The SMILES string of the molecule is Cc1nc(-c2ccccn2)sc1C(=O)O[C@@H](C)C(N)=O. The van der Waals surface area contributed by atoms with Crippen molar-refractivity contribution in [2.45, 2.75) is 20.0 Å². The third-order valence-electron chi connectivity index (χ3n) is 2.55. The average molecular weight is 291 g/mol. The molecule has 20 heavy (non-hydrogen) atoms. The van der Waals surface area contributed by atoms with Crippen LogP contribution in [0.2, 0.25) is 0 Å². The molecule has 0 saturated heterocycles. The van der Waals surface area contributed by atoms with Crippen LogP contribution in [-0.2, 0) is 9.53 Å². The number of hydrogen-bond donors (Lipinski definition) is 1. The van der Waals surface area contributed by atoms with E-state index in [9.17, 15) is 9.59 Å². The van der Waals surface area contributed by atoms with Crippen LogP contribution in [-0.4, -0.2) is 27.9 Å². The normalized spacial score (nSPS) is 11.9. The monoisotopic (exact) mass is 291 g/mol. The van der Waals surface area contributed by atoms with Gasteiger partial charge in [-0.3, -0.25) is 9.78 Å². The van der Waals surface area contributed by atoms with E-state index in [1.165, 1.54) is 18.3 Å². The Morgan fingerprint density at radius 1 is 1.40 bits per heavy atom. The Labute approximate surface area is 119 Å². The second-order valence-electron chi connectivity index (χ2n) is 4.10. The predicted molar refractivity (Wildman–Crippen MR) is 74.2 cm³/mol. The molecule has 0 bridgehead atoms. The molecular weight excluding hydrogens is 278 g/mol. The van der Waals surface area contributed by atoms with Gasteiger partial charge in [-0.2, -0.15) is 0 Å². The zero-order valence-corrected chi connectivity index (χ0v) is 11.8. The lowest BCUT2D eigenvalue weighted by atomic mass is 10.3. The van der Waals surface area contributed by atoms with Crippen molar-refractivity contribution in [2.75, 3.05) is 0 Å². The summed E-state index contributed by atoms with van der Waals surface area (Å²) < 4.78 is 4.96. The number of aryl methyl sites for hydroxylation is 1. The minimum Gasteiger partial charge on any atom is -0.448 e. The quantitative estimate of drug-likeness (QED) is 0.862. The van der Waals surface area contributed by atoms with Gasteiger partial charge in [-0.05, 0) is 26.0 Å². The summed E-state index contributed by atoms with van der Waals surface area (Å²) in [6.45, 7) is 3.13. The number of aromatic nitrogens is 2. The van der Waals surface area contributed by atoms with E-state index in [0.29, 0.717) is 21.3 Å². The first kappa shape index (κ1) is 14.1. The van der Waals surface area contributed by atoms with Crippen molar-refractivity contribution in [3.63, 3.8) is 0 Å². The highest BCUT2D eigenvalue weighted by Crippen LogP contribution is 2.27. The summed E-state index contributed by atoms with van der Waals surface area (Å²) in [4.78, 5) is 31.7. The largest absolute Gasteiger partial charge is 0.448 e. The standard InChI is InChI=1S/C13H13N3O3S/c1-7-10(13(18)19-8(2)11(14)17)20-12(16-7)9-5-3-4-6-15-9/h3-6,8H,1-2H3,(H2,14,17)/t8-/m0/s1. The molecule has 0 aliphatic rings. The molecular formula is C13H13N3O3S. The van der Waals surface area contributed by atoms with E-state index >= 15 is 0 Å². The molecule has 1 atom stereocenters. The second-order valence-corrected chi connectivity index (χ2v) is 5.10. The number of thiazole rings is 1. The van der Waals surface area contributed by atoms with Crippen molar-refractivity contribution in [3.8, 4) is 10.7 Å². The summed E-state index contributed by atoms with van der Waals surface area (Å²) in [7, 11) is 0. The number of pyridine rings is 1. The lowest BCUT2D eigenvalue weighted by Crippen LogP contribution is -2.30. The Balaban J connectivity index is 2.24. The van der Waals surface area contributed by atoms with E-state index in [1.54, 1.807) is 25.3 Å². The highest BCUT2D eigenvalue weighted by Gasteiger charge is 2.21. The molecule has 0 fully saturated rings. The second kappa shape index (κ2) is 5.79. The number of primary amides is 1. The maximum Gasteiger partial charge on any atom is 0.351 e. The fraction of sp³-hybridized carbons (Fsp3) is 0.231. The molecule has 2 aromatic rings. The van der Waals surface area contributed by atoms with Gasteiger partial charge in [0.05, 0.1) is 11.4 Å². The highest BCUT2D eigenvalue weighted by molar-refractivity contribution is 7.17. The number of esters is 1. The van der Waals surface area contributed by atoms with Crippen LogP contribution in [0.5, 0.6) is 0 Å². The van der Waals surface area contributed by atoms with Crippen molar-refractivity contribution in [3.05, 3.63) is 35.0 Å². The first-order chi connectivity index (χ1) is 9.49. The van der Waals surface area contributed by atoms with E-state index in [-0.39, 0.29) is 0 Å². The topological polar surface area (TPSA) is 95.2 Å². The van der Waals surface area contributed by atoms with Gasteiger partial charge in [0.25, 0.3) is 5.91 Å². The maximum absolute atomic E-state index is 11.9. The molecule has 2 rings (SSSR count). The number of carbonyl (C=O) groups excluding carboxylic acids is 2. The molecule has 0 aromatic carbocycles. The fourth-order valence-electron chi connectivity index (χ4n) is 1.46. The number of ether oxygens (including phenoxy) is 1. The maximum atomic E-state index is 11.9. The predicted octanol–water partition coefficient (Wildman–Crippen LogP) is 1.54. The zero-order valence-electron chi connectivity index (χ0n) is 11.0. The van der Waals surface area contributed by atoms with Crippen molar-refractivity contribution in [1.29, 1.82) is 0 Å². The molecule has 1 amide bonds. The van der Waals surface area contributed by atoms with Crippen molar-refractivity contribution >= 4 is 23.2 Å². The summed E-state index contributed by atoms with van der Waals surface area (Å²) in [5, 5.41) is 0.627. The lowest BCUT2D eigenvalue weighted by molar-refractivity contribution is -0.125. The molecule has 7 heteroatoms. The molecule has 0 saturated carbocycles. The Morgan fingerprint density at radius 3 is 2.75 bits per heavy atom. The van der Waals surface area contributed by atoms with E-state index in [4.69, 9.17) is 10.5 Å². The van der Waals surface area contributed by atoms with Crippen molar-refractivity contribution in [2.24, 2.45) is 5.73 Å². The van der Waals surface area contributed by atoms with Crippen LogP contribution >= 0.6 is 11.3 Å². The molecule has 104 valence electrons. The highest BCUT2D eigenvalue weighted by atomic mass is 32.1. The number of amides is 1. The number of nitrogens with zero attached hydrogens (tertiary/aromatic N) is 2. The van der Waals surface area contributed by atoms with Crippen LogP contribution in [0.15, 0.2) is 24.4 Å². The zero-order chi connectivity index (χ0) is 14.7. The Kier molecular flexibility index (Phi) is 4.09. The molecule has 2 aromatic heterocycles. The van der Waals surface area contributed by atoms with Crippen molar-refractivity contribution in [1.82, 2.24) is 9.97 Å². The Hall–Kier alpha value is -2.28. The van der Waals surface area contributed by atoms with Crippen LogP contribution in [0, 0.1) is 6.92 Å². The van der Waals surface area contributed by atoms with Gasteiger partial charge in [0.2, 0.25) is 0 Å². The van der Waals surface area contributed by atoms with Gasteiger partial charge in [0.1, 0.15) is 9.88 Å². The molecule has 0 spiro atoms. The van der Waals surface area contributed by atoms with Crippen molar-refractivity contribution < 1.29 is 14.3 Å². The van der Waals surface area contributed by atoms with Gasteiger partial charge in [-0.1, -0.05) is 6.07 Å². The van der Waals surface area contributed by atoms with Crippen LogP contribution in [0.1, 0.15) is 22.3 Å². The Bertz CT molecular complexity index is 640. The van der Waals surface area contributed by atoms with E-state index in [1.807, 2.05) is 6.07 Å². The molecule has 0 unspecified atom stereocenters. The molecule has 0 radical (unpaired) electrons. The van der Waals surface area contributed by atoms with Gasteiger partial charge in [0, 0.05) is 6.20 Å². The van der Waals surface area contributed by atoms with Crippen LogP contribution in [0.4, 0.5) is 0 Å². The molecule has 0 aliphatic heterocycles.